The van der Waals surface area contributed by atoms with Gasteiger partial charge in [0.15, 0.2) is 0 Å². The average molecular weight is 174 g/mol. The van der Waals surface area contributed by atoms with Crippen LogP contribution in [0.4, 0.5) is 0 Å². The van der Waals surface area contributed by atoms with E-state index in [9.17, 15) is 0 Å². The quantitative estimate of drug-likeness (QED) is 0.754. The summed E-state index contributed by atoms with van der Waals surface area (Å²) in [6, 6.07) is 5.54. The third-order valence-corrected chi connectivity index (χ3v) is 1.97. The molecule has 0 aromatic carbocycles. The maximum atomic E-state index is 5.97. The molecule has 66 valence electrons. The Labute approximate surface area is 76.2 Å². The van der Waals surface area contributed by atoms with Gasteiger partial charge in [0.2, 0.25) is 0 Å². The predicted molar refractivity (Wildman–Crippen MR) is 49.0 cm³/mol. The molecule has 0 saturated heterocycles. The topological polar surface area (TPSA) is 52.0 Å². The number of hydrogen-bond acceptors (Lipinski definition) is 3. The average Bonchev–Trinajstić information content (AvgIpc) is 2.71. The van der Waals surface area contributed by atoms with Crippen molar-refractivity contribution in [3.63, 3.8) is 0 Å². The Morgan fingerprint density at radius 2 is 1.92 bits per heavy atom. The lowest BCUT2D eigenvalue weighted by Gasteiger charge is -2.08. The lowest BCUT2D eigenvalue weighted by atomic mass is 10.0. The van der Waals surface area contributed by atoms with Gasteiger partial charge in [-0.25, -0.2) is 0 Å². The van der Waals surface area contributed by atoms with E-state index in [0.29, 0.717) is 0 Å². The molecule has 2 N–H and O–H groups in total. The molecule has 2 aromatic rings. The van der Waals surface area contributed by atoms with Crippen LogP contribution in [0.2, 0.25) is 0 Å². The second-order valence-electron chi connectivity index (χ2n) is 2.81. The second kappa shape index (κ2) is 3.41. The van der Waals surface area contributed by atoms with E-state index in [1.165, 1.54) is 0 Å². The first-order valence-corrected chi connectivity index (χ1v) is 4.05. The van der Waals surface area contributed by atoms with Crippen molar-refractivity contribution in [2.24, 2.45) is 5.73 Å². The number of furan rings is 1. The van der Waals surface area contributed by atoms with Crippen LogP contribution in [0.3, 0.4) is 0 Å². The molecule has 0 spiro atoms. The fraction of sp³-hybridized carbons (Fsp3) is 0.100. The van der Waals surface area contributed by atoms with E-state index >= 15 is 0 Å². The molecule has 0 aliphatic carbocycles. The van der Waals surface area contributed by atoms with Gasteiger partial charge in [-0.2, -0.15) is 0 Å². The summed E-state index contributed by atoms with van der Waals surface area (Å²) < 4.78 is 4.96. The van der Waals surface area contributed by atoms with Gasteiger partial charge in [-0.3, -0.25) is 4.98 Å². The maximum Gasteiger partial charge on any atom is 0.0953 e. The van der Waals surface area contributed by atoms with Gasteiger partial charge in [0.1, 0.15) is 0 Å². The van der Waals surface area contributed by atoms with Crippen LogP contribution in [0.1, 0.15) is 17.2 Å². The van der Waals surface area contributed by atoms with Gasteiger partial charge in [0, 0.05) is 18.0 Å². The molecular weight excluding hydrogens is 164 g/mol. The van der Waals surface area contributed by atoms with Gasteiger partial charge in [-0.05, 0) is 23.8 Å². The van der Waals surface area contributed by atoms with E-state index in [0.717, 1.165) is 11.1 Å². The van der Waals surface area contributed by atoms with Crippen molar-refractivity contribution >= 4 is 0 Å². The van der Waals surface area contributed by atoms with E-state index < -0.39 is 0 Å². The summed E-state index contributed by atoms with van der Waals surface area (Å²) in [5, 5.41) is 0. The molecule has 3 nitrogen and oxygen atoms in total. The Bertz CT molecular complexity index is 356. The number of aromatic nitrogens is 1. The zero-order chi connectivity index (χ0) is 9.10. The van der Waals surface area contributed by atoms with Crippen LogP contribution >= 0.6 is 0 Å². The van der Waals surface area contributed by atoms with Gasteiger partial charge >= 0.3 is 0 Å². The van der Waals surface area contributed by atoms with Crippen LogP contribution in [0.15, 0.2) is 47.5 Å². The number of pyridine rings is 1. The minimum atomic E-state index is -0.123. The fourth-order valence-corrected chi connectivity index (χ4v) is 1.22. The van der Waals surface area contributed by atoms with E-state index in [2.05, 4.69) is 4.98 Å². The molecule has 0 aliphatic rings. The Kier molecular flexibility index (Phi) is 2.10. The van der Waals surface area contributed by atoms with Crippen LogP contribution in [0.5, 0.6) is 0 Å². The van der Waals surface area contributed by atoms with Crippen LogP contribution in [-0.4, -0.2) is 4.98 Å². The second-order valence-corrected chi connectivity index (χ2v) is 2.81. The molecule has 2 aromatic heterocycles. The summed E-state index contributed by atoms with van der Waals surface area (Å²) in [5.41, 5.74) is 7.99. The molecule has 0 radical (unpaired) electrons. The third-order valence-electron chi connectivity index (χ3n) is 1.97. The molecule has 2 heterocycles. The van der Waals surface area contributed by atoms with Crippen molar-refractivity contribution in [2.75, 3.05) is 0 Å². The SMILES string of the molecule is NC(c1ccncc1)c1ccoc1. The van der Waals surface area contributed by atoms with Gasteiger partial charge in [-0.1, -0.05) is 0 Å². The van der Waals surface area contributed by atoms with E-state index in [4.69, 9.17) is 10.2 Å². The Morgan fingerprint density at radius 1 is 1.15 bits per heavy atom. The van der Waals surface area contributed by atoms with E-state index in [1.807, 2.05) is 18.2 Å². The van der Waals surface area contributed by atoms with Gasteiger partial charge < -0.3 is 10.2 Å². The standard InChI is InChI=1S/C10H10N2O/c11-10(9-3-6-13-7-9)8-1-4-12-5-2-8/h1-7,10H,11H2. The summed E-state index contributed by atoms with van der Waals surface area (Å²) in [6.45, 7) is 0. The molecule has 0 saturated carbocycles. The van der Waals surface area contributed by atoms with Crippen molar-refractivity contribution in [3.05, 3.63) is 54.2 Å². The molecule has 0 amide bonds. The summed E-state index contributed by atoms with van der Waals surface area (Å²) in [6.07, 6.45) is 6.74. The normalized spacial score (nSPS) is 12.7. The van der Waals surface area contributed by atoms with Crippen molar-refractivity contribution in [3.8, 4) is 0 Å². The predicted octanol–water partition coefficient (Wildman–Crippen LogP) is 1.72. The third kappa shape index (κ3) is 1.60. The van der Waals surface area contributed by atoms with E-state index in [1.54, 1.807) is 24.9 Å². The molecule has 3 heteroatoms. The molecule has 0 bridgehead atoms. The lowest BCUT2D eigenvalue weighted by Crippen LogP contribution is -2.10. The largest absolute Gasteiger partial charge is 0.472 e. The molecule has 0 aliphatic heterocycles. The monoisotopic (exact) mass is 174 g/mol. The van der Waals surface area contributed by atoms with Gasteiger partial charge in [-0.15, -0.1) is 0 Å². The highest BCUT2D eigenvalue weighted by Crippen LogP contribution is 2.18. The first-order valence-electron chi connectivity index (χ1n) is 4.05. The molecular formula is C10H10N2O. The first kappa shape index (κ1) is 8.01. The number of hydrogen-bond donors (Lipinski definition) is 1. The molecule has 0 fully saturated rings. The van der Waals surface area contributed by atoms with Crippen LogP contribution in [0, 0.1) is 0 Å². The highest BCUT2D eigenvalue weighted by Gasteiger charge is 2.08. The number of nitrogens with zero attached hydrogens (tertiary/aromatic N) is 1. The van der Waals surface area contributed by atoms with Gasteiger partial charge in [0.05, 0.1) is 18.6 Å². The van der Waals surface area contributed by atoms with Crippen LogP contribution in [-0.2, 0) is 0 Å². The lowest BCUT2D eigenvalue weighted by molar-refractivity contribution is 0.562. The van der Waals surface area contributed by atoms with Crippen molar-refractivity contribution in [1.82, 2.24) is 4.98 Å². The molecule has 13 heavy (non-hydrogen) atoms. The van der Waals surface area contributed by atoms with Crippen molar-refractivity contribution < 1.29 is 4.42 Å². The highest BCUT2D eigenvalue weighted by molar-refractivity contribution is 5.26. The number of nitrogens with two attached hydrogens (primary N) is 1. The summed E-state index contributed by atoms with van der Waals surface area (Å²) in [5.74, 6) is 0. The molecule has 1 atom stereocenters. The Hall–Kier alpha value is -1.61. The zero-order valence-electron chi connectivity index (χ0n) is 7.05. The van der Waals surface area contributed by atoms with Crippen LogP contribution < -0.4 is 5.73 Å². The van der Waals surface area contributed by atoms with Crippen molar-refractivity contribution in [1.29, 1.82) is 0 Å². The minimum absolute atomic E-state index is 0.123. The summed E-state index contributed by atoms with van der Waals surface area (Å²) >= 11 is 0. The summed E-state index contributed by atoms with van der Waals surface area (Å²) in [7, 11) is 0. The first-order chi connectivity index (χ1) is 6.38. The Morgan fingerprint density at radius 3 is 2.54 bits per heavy atom. The zero-order valence-corrected chi connectivity index (χ0v) is 7.05. The minimum Gasteiger partial charge on any atom is -0.472 e. The maximum absolute atomic E-state index is 5.97. The molecule has 2 rings (SSSR count). The number of rotatable bonds is 2. The fourth-order valence-electron chi connectivity index (χ4n) is 1.22. The van der Waals surface area contributed by atoms with Gasteiger partial charge in [0.25, 0.3) is 0 Å². The summed E-state index contributed by atoms with van der Waals surface area (Å²) in [4.78, 5) is 3.93. The van der Waals surface area contributed by atoms with Crippen LogP contribution in [0.25, 0.3) is 0 Å². The Balaban J connectivity index is 2.29. The van der Waals surface area contributed by atoms with E-state index in [-0.39, 0.29) is 6.04 Å². The van der Waals surface area contributed by atoms with Crippen molar-refractivity contribution in [2.45, 2.75) is 6.04 Å². The highest BCUT2D eigenvalue weighted by atomic mass is 16.3. The smallest absolute Gasteiger partial charge is 0.0953 e. The molecule has 1 unspecified atom stereocenters.